The van der Waals surface area contributed by atoms with Gasteiger partial charge in [0, 0.05) is 7.11 Å². The summed E-state index contributed by atoms with van der Waals surface area (Å²) in [4.78, 5) is 3.14. The van der Waals surface area contributed by atoms with Gasteiger partial charge in [-0.1, -0.05) is 12.1 Å². The first-order valence-electron chi connectivity index (χ1n) is 4.48. The van der Waals surface area contributed by atoms with Gasteiger partial charge in [-0.05, 0) is 23.8 Å². The Morgan fingerprint density at radius 2 is 2.33 bits per heavy atom. The van der Waals surface area contributed by atoms with Gasteiger partial charge in [-0.15, -0.1) is 11.3 Å². The van der Waals surface area contributed by atoms with Gasteiger partial charge in [0.2, 0.25) is 0 Å². The van der Waals surface area contributed by atoms with E-state index >= 15 is 0 Å². The van der Waals surface area contributed by atoms with Crippen LogP contribution in [0.1, 0.15) is 5.56 Å². The number of aromatic amines is 1. The molecule has 0 fully saturated rings. The van der Waals surface area contributed by atoms with E-state index in [0.717, 1.165) is 15.0 Å². The van der Waals surface area contributed by atoms with Gasteiger partial charge in [0.25, 0.3) is 0 Å². The molecule has 0 aliphatic heterocycles. The third-order valence-corrected chi connectivity index (χ3v) is 3.31. The monoisotopic (exact) mass is 241 g/mol. The van der Waals surface area contributed by atoms with Crippen LogP contribution in [0.25, 0.3) is 10.2 Å². The molecule has 0 atom stereocenters. The van der Waals surface area contributed by atoms with Crippen molar-refractivity contribution < 1.29 is 9.47 Å². The molecular weight excluding hydrogens is 230 g/mol. The Morgan fingerprint density at radius 3 is 3.13 bits per heavy atom. The minimum atomic E-state index is 0.312. The van der Waals surface area contributed by atoms with E-state index in [-0.39, 0.29) is 0 Å². The zero-order valence-corrected chi connectivity index (χ0v) is 9.91. The van der Waals surface area contributed by atoms with Gasteiger partial charge in [0.05, 0.1) is 16.8 Å². The number of fused-ring (bicyclic) bond motifs is 1. The number of hydrogen-bond donors (Lipinski definition) is 1. The van der Waals surface area contributed by atoms with Crippen LogP contribution in [-0.4, -0.2) is 18.9 Å². The SMILES string of the molecule is COCOCc1cccc2[nH]c(=S)sc12. The van der Waals surface area contributed by atoms with Crippen LogP contribution in [0.4, 0.5) is 0 Å². The van der Waals surface area contributed by atoms with Gasteiger partial charge in [-0.25, -0.2) is 0 Å². The summed E-state index contributed by atoms with van der Waals surface area (Å²) in [5.41, 5.74) is 2.21. The summed E-state index contributed by atoms with van der Waals surface area (Å²) < 4.78 is 12.1. The van der Waals surface area contributed by atoms with Crippen molar-refractivity contribution in [2.75, 3.05) is 13.9 Å². The molecule has 0 amide bonds. The van der Waals surface area contributed by atoms with Crippen molar-refractivity contribution in [2.24, 2.45) is 0 Å². The highest BCUT2D eigenvalue weighted by molar-refractivity contribution is 7.73. The summed E-state index contributed by atoms with van der Waals surface area (Å²) in [5, 5.41) is 0. The average Bonchev–Trinajstić information content (AvgIpc) is 2.59. The van der Waals surface area contributed by atoms with Crippen molar-refractivity contribution in [1.29, 1.82) is 0 Å². The molecule has 2 aromatic rings. The van der Waals surface area contributed by atoms with Crippen molar-refractivity contribution in [3.8, 4) is 0 Å². The Balaban J connectivity index is 2.29. The fourth-order valence-electron chi connectivity index (χ4n) is 1.38. The smallest absolute Gasteiger partial charge is 0.159 e. The van der Waals surface area contributed by atoms with Crippen LogP contribution in [0.15, 0.2) is 18.2 Å². The predicted molar refractivity (Wildman–Crippen MR) is 63.7 cm³/mol. The number of methoxy groups -OCH3 is 1. The van der Waals surface area contributed by atoms with Crippen molar-refractivity contribution in [2.45, 2.75) is 6.61 Å². The quantitative estimate of drug-likeness (QED) is 0.507. The van der Waals surface area contributed by atoms with Crippen LogP contribution in [0, 0.1) is 3.95 Å². The van der Waals surface area contributed by atoms with E-state index < -0.39 is 0 Å². The van der Waals surface area contributed by atoms with E-state index in [4.69, 9.17) is 21.7 Å². The Bertz CT molecular complexity index is 503. The third kappa shape index (κ3) is 2.43. The lowest BCUT2D eigenvalue weighted by molar-refractivity contribution is -0.0386. The molecule has 0 saturated carbocycles. The van der Waals surface area contributed by atoms with Crippen LogP contribution in [-0.2, 0) is 16.1 Å². The third-order valence-electron chi connectivity index (χ3n) is 1.99. The fourth-order valence-corrected chi connectivity index (χ4v) is 2.57. The summed E-state index contributed by atoms with van der Waals surface area (Å²) in [6.07, 6.45) is 0. The normalized spacial score (nSPS) is 11.0. The number of benzene rings is 1. The molecule has 3 nitrogen and oxygen atoms in total. The van der Waals surface area contributed by atoms with E-state index in [1.807, 2.05) is 18.2 Å². The lowest BCUT2D eigenvalue weighted by Gasteiger charge is -2.03. The number of H-pyrrole nitrogens is 1. The molecular formula is C10H11NO2S2. The van der Waals surface area contributed by atoms with Gasteiger partial charge < -0.3 is 14.5 Å². The fraction of sp³-hybridized carbons (Fsp3) is 0.300. The molecule has 0 radical (unpaired) electrons. The van der Waals surface area contributed by atoms with Crippen LogP contribution in [0.2, 0.25) is 0 Å². The van der Waals surface area contributed by atoms with E-state index in [1.165, 1.54) is 4.70 Å². The van der Waals surface area contributed by atoms with Crippen molar-refractivity contribution in [3.63, 3.8) is 0 Å². The Morgan fingerprint density at radius 1 is 1.47 bits per heavy atom. The lowest BCUT2D eigenvalue weighted by atomic mass is 10.2. The summed E-state index contributed by atoms with van der Waals surface area (Å²) in [5.74, 6) is 0. The molecule has 0 bridgehead atoms. The Hall–Kier alpha value is -0.750. The minimum absolute atomic E-state index is 0.312. The highest BCUT2D eigenvalue weighted by Gasteiger charge is 2.03. The van der Waals surface area contributed by atoms with Gasteiger partial charge in [0.15, 0.2) is 3.95 Å². The molecule has 2 rings (SSSR count). The molecule has 1 heterocycles. The summed E-state index contributed by atoms with van der Waals surface area (Å²) in [6.45, 7) is 0.862. The van der Waals surface area contributed by atoms with E-state index in [2.05, 4.69) is 4.98 Å². The molecule has 80 valence electrons. The average molecular weight is 241 g/mol. The number of aromatic nitrogens is 1. The van der Waals surface area contributed by atoms with Gasteiger partial charge in [-0.3, -0.25) is 0 Å². The molecule has 0 saturated heterocycles. The maximum Gasteiger partial charge on any atom is 0.159 e. The standard InChI is InChI=1S/C10H11NO2S2/c1-12-6-13-5-7-3-2-4-8-9(7)15-10(14)11-8/h2-4H,5-6H2,1H3,(H,11,14). The van der Waals surface area contributed by atoms with Gasteiger partial charge in [0.1, 0.15) is 6.79 Å². The second-order valence-corrected chi connectivity index (χ2v) is 4.75. The molecule has 0 aliphatic rings. The number of nitrogens with one attached hydrogen (secondary N) is 1. The number of rotatable bonds is 4. The maximum absolute atomic E-state index is 5.32. The number of ether oxygens (including phenoxy) is 2. The zero-order valence-electron chi connectivity index (χ0n) is 8.28. The minimum Gasteiger partial charge on any atom is -0.359 e. The van der Waals surface area contributed by atoms with Crippen LogP contribution < -0.4 is 0 Å². The van der Waals surface area contributed by atoms with Crippen molar-refractivity contribution in [1.82, 2.24) is 4.98 Å². The highest BCUT2D eigenvalue weighted by atomic mass is 32.1. The molecule has 0 aliphatic carbocycles. The molecule has 0 spiro atoms. The Kier molecular flexibility index (Phi) is 3.48. The summed E-state index contributed by atoms with van der Waals surface area (Å²) in [6, 6.07) is 6.05. The zero-order chi connectivity index (χ0) is 10.7. The van der Waals surface area contributed by atoms with E-state index in [9.17, 15) is 0 Å². The molecule has 0 unspecified atom stereocenters. The summed E-state index contributed by atoms with van der Waals surface area (Å²) in [7, 11) is 1.61. The summed E-state index contributed by atoms with van der Waals surface area (Å²) >= 11 is 6.68. The lowest BCUT2D eigenvalue weighted by Crippen LogP contribution is -1.96. The second kappa shape index (κ2) is 4.85. The topological polar surface area (TPSA) is 34.2 Å². The number of thiazole rings is 1. The molecule has 1 aromatic carbocycles. The van der Waals surface area contributed by atoms with Crippen LogP contribution >= 0.6 is 23.6 Å². The Labute approximate surface area is 96.7 Å². The van der Waals surface area contributed by atoms with Crippen molar-refractivity contribution >= 4 is 33.8 Å². The maximum atomic E-state index is 5.32. The number of hydrogen-bond acceptors (Lipinski definition) is 4. The van der Waals surface area contributed by atoms with E-state index in [1.54, 1.807) is 18.4 Å². The first-order valence-corrected chi connectivity index (χ1v) is 5.71. The predicted octanol–water partition coefficient (Wildman–Crippen LogP) is 3.08. The first-order chi connectivity index (χ1) is 7.31. The van der Waals surface area contributed by atoms with Gasteiger partial charge >= 0.3 is 0 Å². The highest BCUT2D eigenvalue weighted by Crippen LogP contribution is 2.23. The molecule has 1 aromatic heterocycles. The molecule has 1 N–H and O–H groups in total. The van der Waals surface area contributed by atoms with Crippen molar-refractivity contribution in [3.05, 3.63) is 27.7 Å². The van der Waals surface area contributed by atoms with E-state index in [0.29, 0.717) is 13.4 Å². The van der Waals surface area contributed by atoms with Crippen LogP contribution in [0.5, 0.6) is 0 Å². The second-order valence-electron chi connectivity index (χ2n) is 3.06. The van der Waals surface area contributed by atoms with Gasteiger partial charge in [-0.2, -0.15) is 0 Å². The van der Waals surface area contributed by atoms with Crippen LogP contribution in [0.3, 0.4) is 0 Å². The first kappa shape index (κ1) is 10.8. The molecule has 15 heavy (non-hydrogen) atoms. The largest absolute Gasteiger partial charge is 0.359 e. The molecule has 5 heteroatoms.